The normalized spacial score (nSPS) is 15.5. The van der Waals surface area contributed by atoms with Crippen LogP contribution in [-0.2, 0) is 4.74 Å². The molecular weight excluding hydrogens is 480 g/mol. The molecule has 0 radical (unpaired) electrons. The van der Waals surface area contributed by atoms with Crippen molar-refractivity contribution in [2.45, 2.75) is 6.42 Å². The van der Waals surface area contributed by atoms with Gasteiger partial charge in [0, 0.05) is 32.4 Å². The van der Waals surface area contributed by atoms with Gasteiger partial charge in [-0.1, -0.05) is 23.2 Å². The van der Waals surface area contributed by atoms with E-state index in [1.54, 1.807) is 6.07 Å². The van der Waals surface area contributed by atoms with Crippen LogP contribution in [0.5, 0.6) is 5.88 Å². The van der Waals surface area contributed by atoms with Gasteiger partial charge >= 0.3 is 0 Å². The molecule has 0 spiro atoms. The molecule has 10 heteroatoms. The van der Waals surface area contributed by atoms with E-state index >= 15 is 0 Å². The first kappa shape index (κ1) is 22.5. The Morgan fingerprint density at radius 1 is 1.40 bits per heavy atom. The van der Waals surface area contributed by atoms with E-state index in [0.29, 0.717) is 41.6 Å². The van der Waals surface area contributed by atoms with Gasteiger partial charge in [0.05, 0.1) is 24.8 Å². The van der Waals surface area contributed by atoms with Crippen molar-refractivity contribution < 1.29 is 9.47 Å². The summed E-state index contributed by atoms with van der Waals surface area (Å²) in [5.41, 5.74) is 5.81. The molecule has 1 aliphatic heterocycles. The molecule has 1 aromatic rings. The molecule has 0 aliphatic carbocycles. The molecule has 1 fully saturated rings. The summed E-state index contributed by atoms with van der Waals surface area (Å²) >= 11 is 11.7. The van der Waals surface area contributed by atoms with Crippen LogP contribution in [0, 0.1) is 0 Å². The molecule has 1 aliphatic rings. The van der Waals surface area contributed by atoms with E-state index in [9.17, 15) is 0 Å². The number of aliphatic imine (C=N–C) groups is 1. The van der Waals surface area contributed by atoms with Gasteiger partial charge in [0.1, 0.15) is 11.6 Å². The summed E-state index contributed by atoms with van der Waals surface area (Å²) in [5.74, 6) is 0.764. The number of nitrogens with zero attached hydrogens (tertiary/aromatic N) is 3. The lowest BCUT2D eigenvalue weighted by Gasteiger charge is -2.26. The molecule has 0 atom stereocenters. The molecule has 1 aromatic heterocycles. The van der Waals surface area contributed by atoms with Crippen LogP contribution in [0.4, 0.5) is 0 Å². The van der Waals surface area contributed by atoms with Gasteiger partial charge in [-0.2, -0.15) is 0 Å². The van der Waals surface area contributed by atoms with Crippen LogP contribution in [0.2, 0.25) is 10.0 Å². The number of morpholine rings is 1. The number of aromatic nitrogens is 1. The molecule has 1 saturated heterocycles. The van der Waals surface area contributed by atoms with Crippen LogP contribution in [0.15, 0.2) is 17.3 Å². The third kappa shape index (κ3) is 9.09. The van der Waals surface area contributed by atoms with Crippen LogP contribution < -0.4 is 15.8 Å². The number of rotatable bonds is 8. The van der Waals surface area contributed by atoms with E-state index < -0.39 is 0 Å². The summed E-state index contributed by atoms with van der Waals surface area (Å²) in [6, 6.07) is 1.59. The molecule has 25 heavy (non-hydrogen) atoms. The number of nitrogens with two attached hydrogens (primary N) is 1. The van der Waals surface area contributed by atoms with Gasteiger partial charge in [-0.3, -0.25) is 9.89 Å². The fraction of sp³-hybridized carbons (Fsp3) is 0.600. The van der Waals surface area contributed by atoms with Crippen molar-refractivity contribution in [3.63, 3.8) is 0 Å². The first-order chi connectivity index (χ1) is 11.6. The molecule has 2 heterocycles. The Hall–Kier alpha value is -0.550. The zero-order chi connectivity index (χ0) is 17.2. The van der Waals surface area contributed by atoms with Crippen LogP contribution >= 0.6 is 47.2 Å². The highest BCUT2D eigenvalue weighted by Gasteiger charge is 2.08. The summed E-state index contributed by atoms with van der Waals surface area (Å²) in [6.07, 6.45) is 2.46. The molecule has 0 aromatic carbocycles. The summed E-state index contributed by atoms with van der Waals surface area (Å²) in [7, 11) is 0. The first-order valence-electron chi connectivity index (χ1n) is 7.93. The molecule has 2 rings (SSSR count). The summed E-state index contributed by atoms with van der Waals surface area (Å²) in [6.45, 7) is 6.23. The Labute approximate surface area is 175 Å². The number of hydrogen-bond donors (Lipinski definition) is 2. The molecular formula is C15H24Cl2IN5O2. The molecule has 0 amide bonds. The van der Waals surface area contributed by atoms with E-state index in [4.69, 9.17) is 38.4 Å². The lowest BCUT2D eigenvalue weighted by molar-refractivity contribution is 0.0377. The van der Waals surface area contributed by atoms with Gasteiger partial charge in [-0.25, -0.2) is 4.98 Å². The van der Waals surface area contributed by atoms with E-state index in [-0.39, 0.29) is 24.0 Å². The van der Waals surface area contributed by atoms with Gasteiger partial charge in [-0.05, 0) is 12.5 Å². The van der Waals surface area contributed by atoms with Crippen molar-refractivity contribution in [2.24, 2.45) is 10.7 Å². The Kier molecular flexibility index (Phi) is 11.5. The number of halogens is 3. The number of ether oxygens (including phenoxy) is 2. The van der Waals surface area contributed by atoms with Gasteiger partial charge < -0.3 is 20.5 Å². The smallest absolute Gasteiger partial charge is 0.232 e. The molecule has 0 unspecified atom stereocenters. The number of guanidine groups is 1. The summed E-state index contributed by atoms with van der Waals surface area (Å²) in [4.78, 5) is 10.7. The Morgan fingerprint density at radius 2 is 2.16 bits per heavy atom. The second-order valence-corrected chi connectivity index (χ2v) is 6.13. The summed E-state index contributed by atoms with van der Waals surface area (Å²) < 4.78 is 10.8. The van der Waals surface area contributed by atoms with Crippen molar-refractivity contribution in [3.8, 4) is 5.88 Å². The molecule has 3 N–H and O–H groups in total. The summed E-state index contributed by atoms with van der Waals surface area (Å²) in [5, 5.41) is 3.85. The van der Waals surface area contributed by atoms with Crippen molar-refractivity contribution in [2.75, 3.05) is 52.5 Å². The fourth-order valence-corrected chi connectivity index (χ4v) is 2.64. The van der Waals surface area contributed by atoms with Crippen molar-refractivity contribution >= 4 is 53.1 Å². The second kappa shape index (κ2) is 12.7. The quantitative estimate of drug-likeness (QED) is 0.244. The number of hydrogen-bond acceptors (Lipinski definition) is 5. The minimum Gasteiger partial charge on any atom is -0.475 e. The highest BCUT2D eigenvalue weighted by Crippen LogP contribution is 2.24. The second-order valence-electron chi connectivity index (χ2n) is 5.29. The third-order valence-electron chi connectivity index (χ3n) is 3.44. The average Bonchev–Trinajstić information content (AvgIpc) is 2.58. The molecule has 0 bridgehead atoms. The largest absolute Gasteiger partial charge is 0.475 e. The van der Waals surface area contributed by atoms with Crippen LogP contribution in [0.3, 0.4) is 0 Å². The average molecular weight is 504 g/mol. The Bertz CT molecular complexity index is 545. The maximum absolute atomic E-state index is 5.97. The van der Waals surface area contributed by atoms with Crippen molar-refractivity contribution in [1.29, 1.82) is 0 Å². The highest BCUT2D eigenvalue weighted by molar-refractivity contribution is 14.0. The predicted molar refractivity (Wildman–Crippen MR) is 112 cm³/mol. The SMILES string of the molecule is I.NC(=NCCCN1CCOCC1)NCCOc1ncc(Cl)cc1Cl. The van der Waals surface area contributed by atoms with Gasteiger partial charge in [0.25, 0.3) is 0 Å². The van der Waals surface area contributed by atoms with Crippen LogP contribution in [0.1, 0.15) is 6.42 Å². The first-order valence-corrected chi connectivity index (χ1v) is 8.68. The van der Waals surface area contributed by atoms with Crippen molar-refractivity contribution in [3.05, 3.63) is 22.3 Å². The molecule has 7 nitrogen and oxygen atoms in total. The van der Waals surface area contributed by atoms with Gasteiger partial charge in [0.15, 0.2) is 5.96 Å². The topological polar surface area (TPSA) is 85.0 Å². The zero-order valence-corrected chi connectivity index (χ0v) is 17.8. The maximum Gasteiger partial charge on any atom is 0.232 e. The Morgan fingerprint density at radius 3 is 2.88 bits per heavy atom. The Balaban J connectivity index is 0.00000312. The van der Waals surface area contributed by atoms with Gasteiger partial charge in [-0.15, -0.1) is 24.0 Å². The zero-order valence-electron chi connectivity index (χ0n) is 13.9. The maximum atomic E-state index is 5.97. The lowest BCUT2D eigenvalue weighted by atomic mass is 10.3. The molecule has 0 saturated carbocycles. The van der Waals surface area contributed by atoms with E-state index in [0.717, 1.165) is 39.3 Å². The minimum atomic E-state index is 0. The monoisotopic (exact) mass is 503 g/mol. The highest BCUT2D eigenvalue weighted by atomic mass is 127. The van der Waals surface area contributed by atoms with Crippen molar-refractivity contribution in [1.82, 2.24) is 15.2 Å². The van der Waals surface area contributed by atoms with Crippen LogP contribution in [-0.4, -0.2) is 68.4 Å². The fourth-order valence-electron chi connectivity index (χ4n) is 2.21. The van der Waals surface area contributed by atoms with E-state index in [1.165, 1.54) is 6.20 Å². The van der Waals surface area contributed by atoms with Crippen LogP contribution in [0.25, 0.3) is 0 Å². The number of pyridine rings is 1. The predicted octanol–water partition coefficient (Wildman–Crippen LogP) is 2.01. The number of nitrogens with one attached hydrogen (secondary N) is 1. The minimum absolute atomic E-state index is 0. The van der Waals surface area contributed by atoms with E-state index in [1.807, 2.05) is 0 Å². The lowest BCUT2D eigenvalue weighted by Crippen LogP contribution is -2.37. The molecule has 142 valence electrons. The standard InChI is InChI=1S/C15H23Cl2N5O2.HI/c16-12-10-13(17)14(21-11-12)24-7-3-20-15(18)19-2-1-4-22-5-8-23-9-6-22;/h10-11H,1-9H2,(H3,18,19,20);1H. The van der Waals surface area contributed by atoms with Gasteiger partial charge in [0.2, 0.25) is 5.88 Å². The van der Waals surface area contributed by atoms with E-state index in [2.05, 4.69) is 20.2 Å². The third-order valence-corrected chi connectivity index (χ3v) is 3.92.